The molecule has 0 aliphatic carbocycles. The van der Waals surface area contributed by atoms with Gasteiger partial charge in [0.25, 0.3) is 10.0 Å². The van der Waals surface area contributed by atoms with E-state index in [4.69, 9.17) is 0 Å². The Balaban J connectivity index is 1.40. The fourth-order valence-electron chi connectivity index (χ4n) is 3.15. The van der Waals surface area contributed by atoms with Gasteiger partial charge in [-0.1, -0.05) is 18.2 Å². The zero-order valence-corrected chi connectivity index (χ0v) is 17.3. The van der Waals surface area contributed by atoms with E-state index in [1.165, 1.54) is 41.8 Å². The maximum Gasteiger partial charge on any atom is 0.263 e. The molecule has 154 valence electrons. The average Bonchev–Trinajstić information content (AvgIpc) is 3.38. The molecule has 1 atom stereocenters. The van der Waals surface area contributed by atoms with Crippen LogP contribution in [0.25, 0.3) is 0 Å². The number of anilines is 3. The van der Waals surface area contributed by atoms with Crippen molar-refractivity contribution < 1.29 is 18.0 Å². The maximum absolute atomic E-state index is 12.6. The number of nitrogens with zero attached hydrogens (tertiary/aromatic N) is 2. The molecular formula is C20H18N4O4S2. The molecule has 4 rings (SSSR count). The van der Waals surface area contributed by atoms with Crippen molar-refractivity contribution in [2.45, 2.75) is 11.3 Å². The van der Waals surface area contributed by atoms with Gasteiger partial charge in [0.05, 0.1) is 10.8 Å². The van der Waals surface area contributed by atoms with Crippen molar-refractivity contribution in [3.63, 3.8) is 0 Å². The van der Waals surface area contributed by atoms with E-state index in [1.54, 1.807) is 10.3 Å². The first-order valence-electron chi connectivity index (χ1n) is 9.11. The molecule has 8 nitrogen and oxygen atoms in total. The quantitative estimate of drug-likeness (QED) is 0.610. The number of carbonyl (C=O) groups excluding carboxylic acids is 2. The van der Waals surface area contributed by atoms with Crippen molar-refractivity contribution in [1.29, 1.82) is 0 Å². The molecule has 0 spiro atoms. The van der Waals surface area contributed by atoms with Crippen molar-refractivity contribution in [2.75, 3.05) is 21.5 Å². The van der Waals surface area contributed by atoms with Crippen molar-refractivity contribution >= 4 is 49.7 Å². The number of amides is 2. The lowest BCUT2D eigenvalue weighted by molar-refractivity contribution is -0.122. The number of thiazole rings is 1. The monoisotopic (exact) mass is 442 g/mol. The zero-order valence-electron chi connectivity index (χ0n) is 15.7. The average molecular weight is 443 g/mol. The largest absolute Gasteiger partial charge is 0.326 e. The Morgan fingerprint density at radius 2 is 1.83 bits per heavy atom. The number of sulfonamides is 1. The van der Waals surface area contributed by atoms with E-state index in [-0.39, 0.29) is 28.3 Å². The van der Waals surface area contributed by atoms with Crippen LogP contribution in [0.5, 0.6) is 0 Å². The number of carbonyl (C=O) groups is 2. The van der Waals surface area contributed by atoms with Gasteiger partial charge in [-0.15, -0.1) is 11.3 Å². The molecule has 0 bridgehead atoms. The predicted octanol–water partition coefficient (Wildman–Crippen LogP) is 2.94. The predicted molar refractivity (Wildman–Crippen MR) is 115 cm³/mol. The highest BCUT2D eigenvalue weighted by molar-refractivity contribution is 7.93. The van der Waals surface area contributed by atoms with Crippen LogP contribution < -0.4 is 14.9 Å². The highest BCUT2D eigenvalue weighted by Gasteiger charge is 2.35. The van der Waals surface area contributed by atoms with Gasteiger partial charge in [0.15, 0.2) is 5.13 Å². The van der Waals surface area contributed by atoms with Gasteiger partial charge in [0.2, 0.25) is 11.8 Å². The second-order valence-corrected chi connectivity index (χ2v) is 9.27. The lowest BCUT2D eigenvalue weighted by atomic mass is 10.1. The highest BCUT2D eigenvalue weighted by Crippen LogP contribution is 2.26. The lowest BCUT2D eigenvalue weighted by Gasteiger charge is -2.16. The molecule has 1 aromatic heterocycles. The Morgan fingerprint density at radius 3 is 2.50 bits per heavy atom. The summed E-state index contributed by atoms with van der Waals surface area (Å²) in [5.74, 6) is -0.859. The third kappa shape index (κ3) is 4.34. The maximum atomic E-state index is 12.6. The number of rotatable bonds is 6. The smallest absolute Gasteiger partial charge is 0.263 e. The summed E-state index contributed by atoms with van der Waals surface area (Å²) in [5.41, 5.74) is 1.22. The number of hydrogen-bond acceptors (Lipinski definition) is 6. The van der Waals surface area contributed by atoms with E-state index < -0.39 is 15.9 Å². The van der Waals surface area contributed by atoms with E-state index in [9.17, 15) is 18.0 Å². The SMILES string of the molecule is O=C(Nc1ccc(S(=O)(=O)Nc2nccs2)cc1)[C@@H]1CC(=O)N(c2ccccc2)C1. The molecule has 2 N–H and O–H groups in total. The summed E-state index contributed by atoms with van der Waals surface area (Å²) in [4.78, 5) is 30.5. The van der Waals surface area contributed by atoms with E-state index in [0.29, 0.717) is 12.2 Å². The van der Waals surface area contributed by atoms with E-state index in [2.05, 4.69) is 15.0 Å². The summed E-state index contributed by atoms with van der Waals surface area (Å²) >= 11 is 1.18. The van der Waals surface area contributed by atoms with Gasteiger partial charge in [-0.25, -0.2) is 13.4 Å². The van der Waals surface area contributed by atoms with Crippen LogP contribution in [0.3, 0.4) is 0 Å². The third-order valence-electron chi connectivity index (χ3n) is 4.65. The summed E-state index contributed by atoms with van der Waals surface area (Å²) in [6, 6.07) is 15.0. The molecule has 2 amide bonds. The molecule has 1 saturated heterocycles. The summed E-state index contributed by atoms with van der Waals surface area (Å²) in [6.45, 7) is 0.304. The fraction of sp³-hybridized carbons (Fsp3) is 0.150. The molecule has 1 aliphatic rings. The van der Waals surface area contributed by atoms with Crippen LogP contribution in [0, 0.1) is 5.92 Å². The van der Waals surface area contributed by atoms with Crippen molar-refractivity contribution in [2.24, 2.45) is 5.92 Å². The first kappa shape index (κ1) is 20.0. The minimum absolute atomic E-state index is 0.0574. The number of benzene rings is 2. The fourth-order valence-corrected chi connectivity index (χ4v) is 4.94. The van der Waals surface area contributed by atoms with Gasteiger partial charge in [0, 0.05) is 35.9 Å². The molecule has 10 heteroatoms. The lowest BCUT2D eigenvalue weighted by Crippen LogP contribution is -2.28. The van der Waals surface area contributed by atoms with Crippen LogP contribution in [-0.2, 0) is 19.6 Å². The van der Waals surface area contributed by atoms with E-state index >= 15 is 0 Å². The van der Waals surface area contributed by atoms with Gasteiger partial charge in [-0.05, 0) is 36.4 Å². The van der Waals surface area contributed by atoms with Crippen molar-refractivity contribution in [1.82, 2.24) is 4.98 Å². The van der Waals surface area contributed by atoms with Crippen molar-refractivity contribution in [3.8, 4) is 0 Å². The highest BCUT2D eigenvalue weighted by atomic mass is 32.2. The third-order valence-corrected chi connectivity index (χ3v) is 6.82. The van der Waals surface area contributed by atoms with Crippen LogP contribution in [0.2, 0.25) is 0 Å². The Kier molecular flexibility index (Phi) is 5.51. The van der Waals surface area contributed by atoms with E-state index in [0.717, 1.165) is 5.69 Å². The Labute approximate surface area is 177 Å². The first-order valence-corrected chi connectivity index (χ1v) is 11.5. The van der Waals surface area contributed by atoms with Crippen LogP contribution in [0.4, 0.5) is 16.5 Å². The Morgan fingerprint density at radius 1 is 1.10 bits per heavy atom. The van der Waals surface area contributed by atoms with Crippen LogP contribution in [-0.4, -0.2) is 31.8 Å². The van der Waals surface area contributed by atoms with E-state index in [1.807, 2.05) is 30.3 Å². The standard InChI is InChI=1S/C20H18N4O4S2/c25-18-12-14(13-24(18)16-4-2-1-3-5-16)19(26)22-15-6-8-17(9-7-15)30(27,28)23-20-21-10-11-29-20/h1-11,14H,12-13H2,(H,21,23)(H,22,26)/t14-/m1/s1. The number of para-hydroxylation sites is 1. The van der Waals surface area contributed by atoms with Crippen LogP contribution >= 0.6 is 11.3 Å². The Hall–Kier alpha value is -3.24. The molecule has 1 aliphatic heterocycles. The minimum Gasteiger partial charge on any atom is -0.326 e. The molecule has 2 aromatic carbocycles. The molecule has 0 radical (unpaired) electrons. The molecule has 30 heavy (non-hydrogen) atoms. The topological polar surface area (TPSA) is 108 Å². The summed E-state index contributed by atoms with van der Waals surface area (Å²) in [5, 5.41) is 4.71. The first-order chi connectivity index (χ1) is 14.4. The summed E-state index contributed by atoms with van der Waals surface area (Å²) in [6.07, 6.45) is 1.64. The molecule has 0 unspecified atom stereocenters. The van der Waals surface area contributed by atoms with Crippen LogP contribution in [0.15, 0.2) is 71.1 Å². The van der Waals surface area contributed by atoms with Gasteiger partial charge in [0.1, 0.15) is 0 Å². The summed E-state index contributed by atoms with van der Waals surface area (Å²) < 4.78 is 27.1. The molecule has 3 aromatic rings. The van der Waals surface area contributed by atoms with Crippen LogP contribution in [0.1, 0.15) is 6.42 Å². The summed E-state index contributed by atoms with van der Waals surface area (Å²) in [7, 11) is -3.76. The number of hydrogen-bond donors (Lipinski definition) is 2. The number of aromatic nitrogens is 1. The zero-order chi connectivity index (χ0) is 21.1. The molecule has 0 saturated carbocycles. The second kappa shape index (κ2) is 8.25. The molecular weight excluding hydrogens is 424 g/mol. The van der Waals surface area contributed by atoms with Gasteiger partial charge in [-0.2, -0.15) is 0 Å². The normalized spacial score (nSPS) is 16.5. The minimum atomic E-state index is -3.76. The molecule has 2 heterocycles. The van der Waals surface area contributed by atoms with Gasteiger partial charge in [-0.3, -0.25) is 14.3 Å². The van der Waals surface area contributed by atoms with Crippen molar-refractivity contribution in [3.05, 3.63) is 66.2 Å². The molecule has 1 fully saturated rings. The van der Waals surface area contributed by atoms with Gasteiger partial charge >= 0.3 is 0 Å². The number of nitrogens with one attached hydrogen (secondary N) is 2. The Bertz CT molecular complexity index is 1150. The second-order valence-electron chi connectivity index (χ2n) is 6.70. The van der Waals surface area contributed by atoms with Gasteiger partial charge < -0.3 is 10.2 Å².